The second kappa shape index (κ2) is 13.8. The number of amides is 2. The molecule has 0 spiro atoms. The summed E-state index contributed by atoms with van der Waals surface area (Å²) in [6.07, 6.45) is 1.20. The Morgan fingerprint density at radius 1 is 0.917 bits per heavy atom. The molecule has 0 fully saturated rings. The molecule has 3 aromatic rings. The van der Waals surface area contributed by atoms with Gasteiger partial charge in [-0.1, -0.05) is 79.2 Å². The monoisotopic (exact) mass is 506 g/mol. The van der Waals surface area contributed by atoms with E-state index in [0.717, 1.165) is 23.1 Å². The first kappa shape index (κ1) is 27.5. The first-order valence-corrected chi connectivity index (χ1v) is 13.5. The van der Waals surface area contributed by atoms with Crippen molar-refractivity contribution in [2.24, 2.45) is 0 Å². The van der Waals surface area contributed by atoms with Crippen LogP contribution in [0.4, 0.5) is 4.39 Å². The van der Waals surface area contributed by atoms with E-state index in [9.17, 15) is 14.0 Å². The maximum atomic E-state index is 13.6. The third kappa shape index (κ3) is 8.52. The maximum Gasteiger partial charge on any atom is 0.243 e. The first-order valence-electron chi connectivity index (χ1n) is 12.4. The van der Waals surface area contributed by atoms with Crippen molar-refractivity contribution in [2.45, 2.75) is 58.0 Å². The first-order chi connectivity index (χ1) is 17.4. The van der Waals surface area contributed by atoms with Crippen LogP contribution in [0.25, 0.3) is 0 Å². The van der Waals surface area contributed by atoms with Gasteiger partial charge in [0, 0.05) is 24.8 Å². The number of halogens is 1. The van der Waals surface area contributed by atoms with Gasteiger partial charge in [-0.15, -0.1) is 11.8 Å². The number of hydrogen-bond acceptors (Lipinski definition) is 3. The fraction of sp³-hybridized carbons (Fsp3) is 0.333. The average molecular weight is 507 g/mol. The van der Waals surface area contributed by atoms with Crippen molar-refractivity contribution in [2.75, 3.05) is 5.75 Å². The van der Waals surface area contributed by atoms with E-state index >= 15 is 0 Å². The highest BCUT2D eigenvalue weighted by Crippen LogP contribution is 2.19. The molecule has 0 bridgehead atoms. The Hall–Kier alpha value is -3.12. The molecule has 0 saturated heterocycles. The number of nitrogens with one attached hydrogen (secondary N) is 1. The minimum Gasteiger partial charge on any atom is -0.352 e. The van der Waals surface area contributed by atoms with Crippen LogP contribution in [0.2, 0.25) is 0 Å². The van der Waals surface area contributed by atoms with Crippen LogP contribution in [0.1, 0.15) is 42.5 Å². The van der Waals surface area contributed by atoms with Crippen molar-refractivity contribution >= 4 is 23.6 Å². The summed E-state index contributed by atoms with van der Waals surface area (Å²) in [5, 5.41) is 3.07. The van der Waals surface area contributed by atoms with Gasteiger partial charge in [0.15, 0.2) is 0 Å². The van der Waals surface area contributed by atoms with Gasteiger partial charge in [-0.3, -0.25) is 9.59 Å². The summed E-state index contributed by atoms with van der Waals surface area (Å²) in [4.78, 5) is 28.7. The number of rotatable bonds is 12. The predicted octanol–water partition coefficient (Wildman–Crippen LogP) is 5.92. The Morgan fingerprint density at radius 2 is 1.56 bits per heavy atom. The molecule has 0 aliphatic carbocycles. The summed E-state index contributed by atoms with van der Waals surface area (Å²) in [7, 11) is 0. The molecule has 36 heavy (non-hydrogen) atoms. The van der Waals surface area contributed by atoms with E-state index in [-0.39, 0.29) is 36.0 Å². The third-order valence-electron chi connectivity index (χ3n) is 6.15. The van der Waals surface area contributed by atoms with E-state index in [2.05, 4.69) is 29.6 Å². The molecule has 0 aliphatic rings. The summed E-state index contributed by atoms with van der Waals surface area (Å²) in [5.74, 6) is 0.333. The SMILES string of the molecule is CCC(C)NC(=O)C(Cc1ccccc1)N(Cc1ccc(F)cc1)C(=O)CSCc1ccc(C)cc1. The van der Waals surface area contributed by atoms with Crippen LogP contribution in [-0.4, -0.2) is 34.6 Å². The largest absolute Gasteiger partial charge is 0.352 e. The van der Waals surface area contributed by atoms with Gasteiger partial charge >= 0.3 is 0 Å². The van der Waals surface area contributed by atoms with Crippen LogP contribution in [-0.2, 0) is 28.3 Å². The number of nitrogens with zero attached hydrogens (tertiary/aromatic N) is 1. The number of hydrogen-bond donors (Lipinski definition) is 1. The summed E-state index contributed by atoms with van der Waals surface area (Å²) in [6.45, 7) is 6.25. The van der Waals surface area contributed by atoms with Gasteiger partial charge in [-0.2, -0.15) is 0 Å². The molecule has 6 heteroatoms. The molecule has 2 amide bonds. The summed E-state index contributed by atoms with van der Waals surface area (Å²) in [5.41, 5.74) is 4.11. The van der Waals surface area contributed by atoms with Crippen LogP contribution in [0, 0.1) is 12.7 Å². The lowest BCUT2D eigenvalue weighted by molar-refractivity contribution is -0.139. The quantitative estimate of drug-likeness (QED) is 0.332. The Balaban J connectivity index is 1.84. The fourth-order valence-electron chi connectivity index (χ4n) is 3.80. The van der Waals surface area contributed by atoms with Crippen LogP contribution in [0.5, 0.6) is 0 Å². The topological polar surface area (TPSA) is 49.4 Å². The van der Waals surface area contributed by atoms with Crippen LogP contribution < -0.4 is 5.32 Å². The molecule has 4 nitrogen and oxygen atoms in total. The van der Waals surface area contributed by atoms with Crippen molar-refractivity contribution in [3.05, 3.63) is 107 Å². The zero-order valence-electron chi connectivity index (χ0n) is 21.2. The Bertz CT molecular complexity index is 1100. The minimum absolute atomic E-state index is 0.00513. The van der Waals surface area contributed by atoms with Gasteiger partial charge in [-0.25, -0.2) is 4.39 Å². The van der Waals surface area contributed by atoms with Crippen LogP contribution in [0.15, 0.2) is 78.9 Å². The second-order valence-corrected chi connectivity index (χ2v) is 10.1. The van der Waals surface area contributed by atoms with E-state index in [4.69, 9.17) is 0 Å². The van der Waals surface area contributed by atoms with E-state index in [1.165, 1.54) is 29.5 Å². The molecule has 0 aliphatic heterocycles. The number of benzene rings is 3. The van der Waals surface area contributed by atoms with E-state index in [1.807, 2.05) is 51.1 Å². The second-order valence-electron chi connectivity index (χ2n) is 9.15. The molecule has 3 rings (SSSR count). The molecule has 1 N–H and O–H groups in total. The Morgan fingerprint density at radius 3 is 2.19 bits per heavy atom. The van der Waals surface area contributed by atoms with Gasteiger partial charge in [0.2, 0.25) is 11.8 Å². The fourth-order valence-corrected chi connectivity index (χ4v) is 4.68. The number of thioether (sulfide) groups is 1. The Labute approximate surface area is 218 Å². The lowest BCUT2D eigenvalue weighted by atomic mass is 10.0. The molecule has 3 aromatic carbocycles. The van der Waals surface area contributed by atoms with Crippen molar-refractivity contribution in [1.29, 1.82) is 0 Å². The van der Waals surface area contributed by atoms with E-state index in [1.54, 1.807) is 17.0 Å². The minimum atomic E-state index is -0.682. The summed E-state index contributed by atoms with van der Waals surface area (Å²) >= 11 is 1.53. The van der Waals surface area contributed by atoms with Crippen molar-refractivity contribution in [1.82, 2.24) is 10.2 Å². The zero-order valence-corrected chi connectivity index (χ0v) is 22.1. The number of carbonyl (C=O) groups excluding carboxylic acids is 2. The Kier molecular flexibility index (Phi) is 10.6. The van der Waals surface area contributed by atoms with Crippen LogP contribution in [0.3, 0.4) is 0 Å². The van der Waals surface area contributed by atoms with Gasteiger partial charge in [-0.05, 0) is 49.1 Å². The third-order valence-corrected chi connectivity index (χ3v) is 7.14. The van der Waals surface area contributed by atoms with Gasteiger partial charge < -0.3 is 10.2 Å². The molecule has 2 atom stereocenters. The zero-order chi connectivity index (χ0) is 25.9. The number of aryl methyl sites for hydroxylation is 1. The highest BCUT2D eigenvalue weighted by molar-refractivity contribution is 7.99. The molecule has 0 heterocycles. The molecule has 0 saturated carbocycles. The normalized spacial score (nSPS) is 12.6. The van der Waals surface area contributed by atoms with Gasteiger partial charge in [0.05, 0.1) is 5.75 Å². The molecular weight excluding hydrogens is 471 g/mol. The maximum absolute atomic E-state index is 13.6. The predicted molar refractivity (Wildman–Crippen MR) is 146 cm³/mol. The molecule has 0 radical (unpaired) electrons. The molecule has 190 valence electrons. The highest BCUT2D eigenvalue weighted by atomic mass is 32.2. The van der Waals surface area contributed by atoms with Crippen molar-refractivity contribution < 1.29 is 14.0 Å². The smallest absolute Gasteiger partial charge is 0.243 e. The lowest BCUT2D eigenvalue weighted by Crippen LogP contribution is -2.52. The average Bonchev–Trinajstić information content (AvgIpc) is 2.88. The molecule has 2 unspecified atom stereocenters. The number of carbonyl (C=O) groups is 2. The highest BCUT2D eigenvalue weighted by Gasteiger charge is 2.30. The summed E-state index contributed by atoms with van der Waals surface area (Å²) in [6, 6.07) is 23.4. The van der Waals surface area contributed by atoms with E-state index < -0.39 is 6.04 Å². The van der Waals surface area contributed by atoms with E-state index in [0.29, 0.717) is 12.2 Å². The van der Waals surface area contributed by atoms with Crippen LogP contribution >= 0.6 is 11.8 Å². The lowest BCUT2D eigenvalue weighted by Gasteiger charge is -2.32. The van der Waals surface area contributed by atoms with Gasteiger partial charge in [0.1, 0.15) is 11.9 Å². The van der Waals surface area contributed by atoms with Crippen molar-refractivity contribution in [3.63, 3.8) is 0 Å². The molecule has 0 aromatic heterocycles. The van der Waals surface area contributed by atoms with Gasteiger partial charge in [0.25, 0.3) is 0 Å². The standard InChI is InChI=1S/C30H35FN2O2S/c1-4-23(3)32-30(35)28(18-24-8-6-5-7-9-24)33(19-25-14-16-27(31)17-15-25)29(34)21-36-20-26-12-10-22(2)11-13-26/h5-17,23,28H,4,18-21H2,1-3H3,(H,32,35). The summed E-state index contributed by atoms with van der Waals surface area (Å²) < 4.78 is 13.5. The molecular formula is C30H35FN2O2S. The van der Waals surface area contributed by atoms with Crippen molar-refractivity contribution in [3.8, 4) is 0 Å².